The van der Waals surface area contributed by atoms with Crippen LogP contribution in [0, 0.1) is 0 Å². The number of fused-ring (bicyclic) bond motifs is 8. The van der Waals surface area contributed by atoms with E-state index in [9.17, 15) is 0 Å². The second-order valence-corrected chi connectivity index (χ2v) is 19.0. The van der Waals surface area contributed by atoms with Crippen LogP contribution >= 0.6 is 0 Å². The molecule has 0 radical (unpaired) electrons. The molecule has 1 nitrogen and oxygen atoms in total. The van der Waals surface area contributed by atoms with E-state index in [1.54, 1.807) is 0 Å². The number of nitrogens with zero attached hydrogens (tertiary/aromatic N) is 1. The minimum atomic E-state index is -0.527. The number of anilines is 3. The molecule has 66 heavy (non-hydrogen) atoms. The molecule has 0 fully saturated rings. The summed E-state index contributed by atoms with van der Waals surface area (Å²) in [6.07, 6.45) is 6.88. The van der Waals surface area contributed by atoms with Crippen molar-refractivity contribution in [2.45, 2.75) is 42.9 Å². The van der Waals surface area contributed by atoms with Crippen LogP contribution in [0.25, 0.3) is 27.8 Å². The van der Waals surface area contributed by atoms with E-state index in [1.165, 1.54) is 89.0 Å². The highest BCUT2D eigenvalue weighted by Crippen LogP contribution is 2.60. The molecule has 0 spiro atoms. The van der Waals surface area contributed by atoms with E-state index < -0.39 is 10.8 Å². The van der Waals surface area contributed by atoms with Gasteiger partial charge in [-0.15, -0.1) is 0 Å². The van der Waals surface area contributed by atoms with Crippen LogP contribution in [-0.2, 0) is 16.2 Å². The zero-order valence-electron chi connectivity index (χ0n) is 37.4. The fourth-order valence-electron chi connectivity index (χ4n) is 12.7. The summed E-state index contributed by atoms with van der Waals surface area (Å²) in [6.45, 7) is 4.78. The Kier molecular flexibility index (Phi) is 8.58. The molecule has 0 bridgehead atoms. The van der Waals surface area contributed by atoms with Gasteiger partial charge in [-0.3, -0.25) is 0 Å². The summed E-state index contributed by atoms with van der Waals surface area (Å²) >= 11 is 0. The largest absolute Gasteiger partial charge is 0.310 e. The minimum Gasteiger partial charge on any atom is -0.310 e. The monoisotopic (exact) mass is 843 g/mol. The van der Waals surface area contributed by atoms with Crippen LogP contribution in [0.1, 0.15) is 82.3 Å². The molecule has 0 saturated carbocycles. The van der Waals surface area contributed by atoms with Gasteiger partial charge in [0, 0.05) is 22.5 Å². The summed E-state index contributed by atoms with van der Waals surface area (Å²) in [5.41, 5.74) is 23.5. The normalized spacial score (nSPS) is 16.2. The lowest BCUT2D eigenvalue weighted by Crippen LogP contribution is -2.30. The number of rotatable bonds is 7. The number of hydrogen-bond donors (Lipinski definition) is 0. The first-order chi connectivity index (χ1) is 32.5. The molecule has 0 saturated heterocycles. The van der Waals surface area contributed by atoms with Crippen molar-refractivity contribution in [3.63, 3.8) is 0 Å². The Morgan fingerprint density at radius 2 is 0.742 bits per heavy atom. The van der Waals surface area contributed by atoms with Crippen LogP contribution in [0.3, 0.4) is 0 Å². The zero-order valence-corrected chi connectivity index (χ0v) is 37.4. The maximum Gasteiger partial charge on any atom is 0.0714 e. The first-order valence-corrected chi connectivity index (χ1v) is 23.6. The third kappa shape index (κ3) is 5.29. The second kappa shape index (κ2) is 14.6. The molecule has 0 aliphatic heterocycles. The Hall–Kier alpha value is -7.74. The lowest BCUT2D eigenvalue weighted by Gasteiger charge is -2.36. The maximum absolute atomic E-state index is 2.55. The van der Waals surface area contributed by atoms with E-state index in [-0.39, 0.29) is 5.41 Å². The third-order valence-corrected chi connectivity index (χ3v) is 15.5. The first kappa shape index (κ1) is 38.7. The number of allylic oxidation sites excluding steroid dienone is 4. The van der Waals surface area contributed by atoms with Crippen molar-refractivity contribution in [3.8, 4) is 22.3 Å². The molecule has 9 aromatic carbocycles. The highest BCUT2D eigenvalue weighted by molar-refractivity contribution is 5.93. The van der Waals surface area contributed by atoms with Crippen molar-refractivity contribution in [2.24, 2.45) is 0 Å². The Bertz CT molecular complexity index is 3350. The number of hydrogen-bond acceptors (Lipinski definition) is 1. The fourth-order valence-corrected chi connectivity index (χ4v) is 12.7. The van der Waals surface area contributed by atoms with Crippen LogP contribution in [0.4, 0.5) is 17.1 Å². The summed E-state index contributed by atoms with van der Waals surface area (Å²) in [5.74, 6) is 0. The van der Waals surface area contributed by atoms with Gasteiger partial charge in [0.1, 0.15) is 0 Å². The molecule has 4 aliphatic rings. The van der Waals surface area contributed by atoms with Gasteiger partial charge >= 0.3 is 0 Å². The van der Waals surface area contributed by atoms with Crippen molar-refractivity contribution in [2.75, 3.05) is 4.90 Å². The van der Waals surface area contributed by atoms with Crippen molar-refractivity contribution in [3.05, 3.63) is 298 Å². The Morgan fingerprint density at radius 1 is 0.348 bits per heavy atom. The summed E-state index contributed by atoms with van der Waals surface area (Å²) in [5, 5.41) is 0. The molecule has 0 amide bonds. The standard InChI is InChI=1S/C65H49N/c1-63(2)57-32-18-15-29-51(57)54-38-35-48(41-60(54)63)66(49-36-39-55-52-30-16-19-33-58(52)64(61(55)42-49,44-21-7-3-8-22-44)45-23-9-4-10-24-45)50-37-40-56-53-31-17-20-34-59(53)65(62(56)43-50,46-25-11-5-12-26-46)47-27-13-6-14-28-47/h3-16,18-30,32-43H,17,31H2,1-2H3. The molecule has 1 heteroatoms. The lowest BCUT2D eigenvalue weighted by molar-refractivity contribution is 0.660. The molecular formula is C65H49N. The molecule has 9 aromatic rings. The summed E-state index contributed by atoms with van der Waals surface area (Å²) in [4.78, 5) is 2.55. The Labute approximate surface area is 388 Å². The SMILES string of the molecule is CC1(C)c2ccccc2-c2ccc(N(c3ccc4c(c3)C(c3ccccc3)(c3ccccc3)C3=C4CCC=C3)c3ccc4c(c3)C(c3ccccc3)(c3ccccc3)c3ccccc3-4)cc21. The van der Waals surface area contributed by atoms with Gasteiger partial charge in [0.2, 0.25) is 0 Å². The predicted octanol–water partition coefficient (Wildman–Crippen LogP) is 16.3. The predicted molar refractivity (Wildman–Crippen MR) is 274 cm³/mol. The molecular weight excluding hydrogens is 795 g/mol. The molecule has 0 unspecified atom stereocenters. The van der Waals surface area contributed by atoms with Crippen molar-refractivity contribution < 1.29 is 0 Å². The van der Waals surface area contributed by atoms with Crippen LogP contribution in [0.2, 0.25) is 0 Å². The van der Waals surface area contributed by atoms with Gasteiger partial charge in [0.25, 0.3) is 0 Å². The van der Waals surface area contributed by atoms with E-state index in [0.717, 1.165) is 29.9 Å². The molecule has 0 heterocycles. The topological polar surface area (TPSA) is 3.24 Å². The van der Waals surface area contributed by atoms with E-state index in [0.29, 0.717) is 0 Å². The van der Waals surface area contributed by atoms with E-state index in [2.05, 4.69) is 255 Å². The fraction of sp³-hybridized carbons (Fsp3) is 0.108. The zero-order chi connectivity index (χ0) is 44.0. The second-order valence-electron chi connectivity index (χ2n) is 19.0. The average molecular weight is 844 g/mol. The van der Waals surface area contributed by atoms with Gasteiger partial charge < -0.3 is 4.90 Å². The van der Waals surface area contributed by atoms with Crippen LogP contribution in [0.15, 0.2) is 242 Å². The highest BCUT2D eigenvalue weighted by atomic mass is 15.1. The van der Waals surface area contributed by atoms with Gasteiger partial charge in [0.05, 0.1) is 10.8 Å². The van der Waals surface area contributed by atoms with Crippen LogP contribution < -0.4 is 4.90 Å². The van der Waals surface area contributed by atoms with Gasteiger partial charge in [-0.25, -0.2) is 0 Å². The van der Waals surface area contributed by atoms with E-state index in [1.807, 2.05) is 0 Å². The number of benzene rings is 9. The van der Waals surface area contributed by atoms with Crippen molar-refractivity contribution >= 4 is 22.6 Å². The lowest BCUT2D eigenvalue weighted by atomic mass is 9.66. The molecule has 0 N–H and O–H groups in total. The molecule has 0 aromatic heterocycles. The van der Waals surface area contributed by atoms with Gasteiger partial charge in [-0.05, 0) is 138 Å². The van der Waals surface area contributed by atoms with Gasteiger partial charge in [-0.1, -0.05) is 214 Å². The summed E-state index contributed by atoms with van der Waals surface area (Å²) < 4.78 is 0. The molecule has 314 valence electrons. The molecule has 13 rings (SSSR count). The van der Waals surface area contributed by atoms with Crippen LogP contribution in [0.5, 0.6) is 0 Å². The van der Waals surface area contributed by atoms with Crippen molar-refractivity contribution in [1.29, 1.82) is 0 Å². The van der Waals surface area contributed by atoms with Crippen LogP contribution in [-0.4, -0.2) is 0 Å². The van der Waals surface area contributed by atoms with E-state index in [4.69, 9.17) is 0 Å². The Morgan fingerprint density at radius 3 is 1.29 bits per heavy atom. The van der Waals surface area contributed by atoms with Crippen molar-refractivity contribution in [1.82, 2.24) is 0 Å². The first-order valence-electron chi connectivity index (χ1n) is 23.6. The summed E-state index contributed by atoms with van der Waals surface area (Å²) in [7, 11) is 0. The van der Waals surface area contributed by atoms with Gasteiger partial charge in [0.15, 0.2) is 0 Å². The highest BCUT2D eigenvalue weighted by Gasteiger charge is 2.49. The third-order valence-electron chi connectivity index (χ3n) is 15.5. The van der Waals surface area contributed by atoms with E-state index >= 15 is 0 Å². The molecule has 0 atom stereocenters. The average Bonchev–Trinajstić information content (AvgIpc) is 3.94. The molecule has 4 aliphatic carbocycles. The minimum absolute atomic E-state index is 0.161. The summed E-state index contributed by atoms with van der Waals surface area (Å²) in [6, 6.07) is 84.7. The maximum atomic E-state index is 2.55. The quantitative estimate of drug-likeness (QED) is 0.154. The smallest absolute Gasteiger partial charge is 0.0714 e. The Balaban J connectivity index is 1.10. The van der Waals surface area contributed by atoms with Gasteiger partial charge in [-0.2, -0.15) is 0 Å².